The van der Waals surface area contributed by atoms with Crippen molar-refractivity contribution in [1.29, 1.82) is 0 Å². The molecular formula is C42H80NO8P. The first-order valence-corrected chi connectivity index (χ1v) is 22.8. The number of carbonyl (C=O) groups excluding carboxylic acids is 2. The van der Waals surface area contributed by atoms with Gasteiger partial charge >= 0.3 is 19.8 Å². The van der Waals surface area contributed by atoms with Crippen molar-refractivity contribution in [2.45, 2.75) is 206 Å². The van der Waals surface area contributed by atoms with Gasteiger partial charge in [-0.1, -0.05) is 147 Å². The number of rotatable bonds is 40. The van der Waals surface area contributed by atoms with E-state index in [1.54, 1.807) is 0 Å². The molecule has 0 heterocycles. The van der Waals surface area contributed by atoms with Crippen LogP contribution in [0.2, 0.25) is 0 Å². The van der Waals surface area contributed by atoms with Crippen LogP contribution in [0.3, 0.4) is 0 Å². The second-order valence-corrected chi connectivity index (χ2v) is 15.7. The van der Waals surface area contributed by atoms with E-state index < -0.39 is 32.5 Å². The van der Waals surface area contributed by atoms with Gasteiger partial charge in [-0.3, -0.25) is 18.6 Å². The number of esters is 2. The highest BCUT2D eigenvalue weighted by Crippen LogP contribution is 2.43. The summed E-state index contributed by atoms with van der Waals surface area (Å²) >= 11 is 0. The van der Waals surface area contributed by atoms with Gasteiger partial charge in [0.15, 0.2) is 6.10 Å². The van der Waals surface area contributed by atoms with Crippen LogP contribution in [-0.2, 0) is 32.7 Å². The molecule has 2 atom stereocenters. The van der Waals surface area contributed by atoms with Gasteiger partial charge in [0, 0.05) is 19.4 Å². The van der Waals surface area contributed by atoms with Gasteiger partial charge in [0.05, 0.1) is 13.2 Å². The molecule has 1 unspecified atom stereocenters. The van der Waals surface area contributed by atoms with E-state index in [1.807, 2.05) is 0 Å². The number of hydrogen-bond acceptors (Lipinski definition) is 8. The van der Waals surface area contributed by atoms with Crippen LogP contribution in [0.5, 0.6) is 0 Å². The SMILES string of the molecule is CCCCCCC/C=C/CCCCCCCC(=O)OC[C@H](COP(=O)(O)OCCN)OC(=O)CCCCCCCCC/C=C/CCCCCCCC. The first-order valence-electron chi connectivity index (χ1n) is 21.3. The summed E-state index contributed by atoms with van der Waals surface area (Å²) in [6.07, 6.45) is 40.6. The largest absolute Gasteiger partial charge is 0.472 e. The summed E-state index contributed by atoms with van der Waals surface area (Å²) in [6.45, 7) is 3.71. The molecule has 0 aliphatic heterocycles. The fourth-order valence-electron chi connectivity index (χ4n) is 5.86. The highest BCUT2D eigenvalue weighted by molar-refractivity contribution is 7.47. The third-order valence-electron chi connectivity index (χ3n) is 9.06. The minimum Gasteiger partial charge on any atom is -0.462 e. The van der Waals surface area contributed by atoms with Gasteiger partial charge in [-0.2, -0.15) is 0 Å². The van der Waals surface area contributed by atoms with Crippen LogP contribution in [0, 0.1) is 0 Å². The molecule has 0 amide bonds. The second-order valence-electron chi connectivity index (χ2n) is 14.2. The van der Waals surface area contributed by atoms with Gasteiger partial charge in [-0.25, -0.2) is 4.57 Å². The van der Waals surface area contributed by atoms with E-state index in [2.05, 4.69) is 38.2 Å². The Bertz CT molecular complexity index is 912. The quantitative estimate of drug-likeness (QED) is 0.0271. The van der Waals surface area contributed by atoms with E-state index >= 15 is 0 Å². The molecule has 10 heteroatoms. The normalized spacial score (nSPS) is 13.5. The number of ether oxygens (including phenoxy) is 2. The fraction of sp³-hybridized carbons (Fsp3) is 0.857. The molecule has 0 aromatic heterocycles. The van der Waals surface area contributed by atoms with Gasteiger partial charge in [0.2, 0.25) is 0 Å². The fourth-order valence-corrected chi connectivity index (χ4v) is 6.62. The third-order valence-corrected chi connectivity index (χ3v) is 10.0. The lowest BCUT2D eigenvalue weighted by Gasteiger charge is -2.19. The lowest BCUT2D eigenvalue weighted by molar-refractivity contribution is -0.161. The maximum atomic E-state index is 12.6. The molecule has 0 aliphatic carbocycles. The van der Waals surface area contributed by atoms with Crippen LogP contribution in [-0.4, -0.2) is 49.3 Å². The lowest BCUT2D eigenvalue weighted by atomic mass is 10.1. The zero-order valence-electron chi connectivity index (χ0n) is 33.6. The number of nitrogens with two attached hydrogens (primary N) is 1. The topological polar surface area (TPSA) is 134 Å². The number of allylic oxidation sites excluding steroid dienone is 4. The lowest BCUT2D eigenvalue weighted by Crippen LogP contribution is -2.29. The van der Waals surface area contributed by atoms with Crippen molar-refractivity contribution in [2.24, 2.45) is 5.73 Å². The van der Waals surface area contributed by atoms with Crippen LogP contribution < -0.4 is 5.73 Å². The first kappa shape index (κ1) is 50.5. The number of hydrogen-bond donors (Lipinski definition) is 2. The zero-order valence-corrected chi connectivity index (χ0v) is 34.4. The molecule has 52 heavy (non-hydrogen) atoms. The van der Waals surface area contributed by atoms with Crippen molar-refractivity contribution in [3.05, 3.63) is 24.3 Å². The molecule has 0 spiro atoms. The summed E-state index contributed by atoms with van der Waals surface area (Å²) in [5.41, 5.74) is 5.34. The van der Waals surface area contributed by atoms with Crippen molar-refractivity contribution in [3.63, 3.8) is 0 Å². The van der Waals surface area contributed by atoms with Gasteiger partial charge in [0.1, 0.15) is 6.61 Å². The molecule has 3 N–H and O–H groups in total. The minimum atomic E-state index is -4.37. The smallest absolute Gasteiger partial charge is 0.462 e. The summed E-state index contributed by atoms with van der Waals surface area (Å²) in [5, 5.41) is 0. The molecule has 0 aromatic rings. The zero-order chi connectivity index (χ0) is 38.2. The Morgan fingerprint density at radius 3 is 1.37 bits per heavy atom. The minimum absolute atomic E-state index is 0.0525. The maximum absolute atomic E-state index is 12.6. The van der Waals surface area contributed by atoms with Gasteiger partial charge in [-0.05, 0) is 64.2 Å². The van der Waals surface area contributed by atoms with E-state index in [0.717, 1.165) is 64.2 Å². The number of phosphoric ester groups is 1. The van der Waals surface area contributed by atoms with Crippen LogP contribution in [0.1, 0.15) is 200 Å². The molecule has 0 fully saturated rings. The molecule has 0 radical (unpaired) electrons. The number of unbranched alkanes of at least 4 members (excludes halogenated alkanes) is 23. The van der Waals surface area contributed by atoms with Crippen molar-refractivity contribution in [2.75, 3.05) is 26.4 Å². The van der Waals surface area contributed by atoms with Crippen molar-refractivity contribution >= 4 is 19.8 Å². The van der Waals surface area contributed by atoms with E-state index in [4.69, 9.17) is 24.3 Å². The predicted octanol–water partition coefficient (Wildman–Crippen LogP) is 12.0. The molecular weight excluding hydrogens is 677 g/mol. The van der Waals surface area contributed by atoms with Crippen LogP contribution in [0.25, 0.3) is 0 Å². The molecule has 0 saturated heterocycles. The Morgan fingerprint density at radius 1 is 0.558 bits per heavy atom. The average Bonchev–Trinajstić information content (AvgIpc) is 3.13. The summed E-state index contributed by atoms with van der Waals surface area (Å²) in [5.74, 6) is -0.839. The standard InChI is InChI=1S/C42H80NO8P/c1-3-5-7-9-11-13-15-17-19-20-21-23-25-27-29-31-33-35-42(45)51-40(39-50-52(46,47)49-37-36-43)38-48-41(44)34-32-30-28-26-24-22-18-16-14-12-10-8-6-4-2/h16-19,40H,3-15,20-39,43H2,1-2H3,(H,46,47)/b18-16+,19-17+/t40-/m1/s1. The van der Waals surface area contributed by atoms with Gasteiger partial charge in [0.25, 0.3) is 0 Å². The Morgan fingerprint density at radius 2 is 0.942 bits per heavy atom. The molecule has 0 aromatic carbocycles. The molecule has 0 bridgehead atoms. The average molecular weight is 758 g/mol. The Kier molecular flexibility index (Phi) is 38.1. The van der Waals surface area contributed by atoms with E-state index in [1.165, 1.54) is 103 Å². The monoisotopic (exact) mass is 758 g/mol. The maximum Gasteiger partial charge on any atom is 0.472 e. The van der Waals surface area contributed by atoms with E-state index in [0.29, 0.717) is 6.42 Å². The van der Waals surface area contributed by atoms with Crippen LogP contribution >= 0.6 is 7.82 Å². The van der Waals surface area contributed by atoms with Crippen LogP contribution in [0.4, 0.5) is 0 Å². The van der Waals surface area contributed by atoms with Gasteiger partial charge < -0.3 is 20.1 Å². The highest BCUT2D eigenvalue weighted by atomic mass is 31.2. The van der Waals surface area contributed by atoms with Crippen LogP contribution in [0.15, 0.2) is 24.3 Å². The summed E-state index contributed by atoms with van der Waals surface area (Å²) in [7, 11) is -4.37. The molecule has 0 aliphatic rings. The Labute approximate surface area is 319 Å². The Hall–Kier alpha value is -1.51. The third kappa shape index (κ3) is 38.2. The summed E-state index contributed by atoms with van der Waals surface area (Å²) < 4.78 is 32.7. The van der Waals surface area contributed by atoms with E-state index in [-0.39, 0.29) is 32.6 Å². The highest BCUT2D eigenvalue weighted by Gasteiger charge is 2.26. The summed E-state index contributed by atoms with van der Waals surface area (Å²) in [4.78, 5) is 34.8. The summed E-state index contributed by atoms with van der Waals surface area (Å²) in [6, 6.07) is 0. The molecule has 9 nitrogen and oxygen atoms in total. The molecule has 0 rings (SSSR count). The molecule has 306 valence electrons. The van der Waals surface area contributed by atoms with Gasteiger partial charge in [-0.15, -0.1) is 0 Å². The van der Waals surface area contributed by atoms with Crippen molar-refractivity contribution in [3.8, 4) is 0 Å². The van der Waals surface area contributed by atoms with Crippen molar-refractivity contribution in [1.82, 2.24) is 0 Å². The van der Waals surface area contributed by atoms with E-state index in [9.17, 15) is 19.0 Å². The predicted molar refractivity (Wildman–Crippen MR) is 215 cm³/mol. The number of phosphoric acid groups is 1. The number of carbonyl (C=O) groups is 2. The second kappa shape index (κ2) is 39.2. The van der Waals surface area contributed by atoms with Crippen molar-refractivity contribution < 1.29 is 37.6 Å². The first-order chi connectivity index (χ1) is 25.3. The molecule has 0 saturated carbocycles. The Balaban J connectivity index is 4.17.